The van der Waals surface area contributed by atoms with Crippen molar-refractivity contribution in [2.45, 2.75) is 57.9 Å². The number of ether oxygens (including phenoxy) is 5. The highest BCUT2D eigenvalue weighted by Crippen LogP contribution is 2.28. The predicted octanol–water partition coefficient (Wildman–Crippen LogP) is -0.659. The summed E-state index contributed by atoms with van der Waals surface area (Å²) in [6, 6.07) is 0. The molecule has 0 aromatic carbocycles. The summed E-state index contributed by atoms with van der Waals surface area (Å²) in [7, 11) is 0. The minimum atomic E-state index is -1.12. The summed E-state index contributed by atoms with van der Waals surface area (Å²) in [6.07, 6.45) is -5.49. The molecule has 0 aromatic heterocycles. The lowest BCUT2D eigenvalue weighted by atomic mass is 10.0. The number of β-amino-alcohol motifs (C(OH)–C–C–N with tert-alkyl or cyclic N) is 1. The van der Waals surface area contributed by atoms with Gasteiger partial charge in [-0.2, -0.15) is 0 Å². The van der Waals surface area contributed by atoms with E-state index in [1.54, 1.807) is 0 Å². The third kappa shape index (κ3) is 6.07. The molecule has 2 rings (SSSR count). The molecule has 2 heterocycles. The smallest absolute Gasteiger partial charge is 0.412 e. The zero-order valence-electron chi connectivity index (χ0n) is 15.3. The topological polar surface area (TPSA) is 138 Å². The Morgan fingerprint density at radius 2 is 1.63 bits per heavy atom. The fourth-order valence-electron chi connectivity index (χ4n) is 2.76. The van der Waals surface area contributed by atoms with Crippen LogP contribution in [0.4, 0.5) is 4.79 Å². The first-order valence-electron chi connectivity index (χ1n) is 8.42. The van der Waals surface area contributed by atoms with Gasteiger partial charge in [0.15, 0.2) is 6.10 Å². The fourth-order valence-corrected chi connectivity index (χ4v) is 2.76. The molecule has 1 amide bonds. The Labute approximate surface area is 155 Å². The maximum absolute atomic E-state index is 12.0. The molecule has 0 unspecified atom stereocenters. The van der Waals surface area contributed by atoms with Crippen LogP contribution in [0.5, 0.6) is 0 Å². The van der Waals surface area contributed by atoms with Crippen LogP contribution in [-0.4, -0.2) is 84.4 Å². The molecule has 2 fully saturated rings. The Bertz CT molecular complexity index is 588. The number of hydrogen-bond acceptors (Lipinski definition) is 10. The van der Waals surface area contributed by atoms with Crippen molar-refractivity contribution < 1.29 is 48.0 Å². The average Bonchev–Trinajstić information content (AvgIpc) is 2.51. The molecule has 11 heteroatoms. The van der Waals surface area contributed by atoms with E-state index in [-0.39, 0.29) is 26.1 Å². The summed E-state index contributed by atoms with van der Waals surface area (Å²) in [5.41, 5.74) is 0. The third-order valence-electron chi connectivity index (χ3n) is 3.91. The summed E-state index contributed by atoms with van der Waals surface area (Å²) in [4.78, 5) is 47.2. The quantitative estimate of drug-likeness (QED) is 0.476. The maximum Gasteiger partial charge on any atom is 0.412 e. The van der Waals surface area contributed by atoms with E-state index in [1.807, 2.05) is 0 Å². The lowest BCUT2D eigenvalue weighted by molar-refractivity contribution is -0.254. The molecule has 152 valence electrons. The summed E-state index contributed by atoms with van der Waals surface area (Å²) in [5.74, 6) is -1.85. The Morgan fingerprint density at radius 3 is 2.15 bits per heavy atom. The second-order valence-corrected chi connectivity index (χ2v) is 6.31. The van der Waals surface area contributed by atoms with Gasteiger partial charge in [0.05, 0.1) is 25.6 Å². The molecule has 4 atom stereocenters. The van der Waals surface area contributed by atoms with Gasteiger partial charge in [-0.1, -0.05) is 0 Å². The number of likely N-dealkylation sites (tertiary alicyclic amines) is 1. The number of carbonyl (C=O) groups excluding carboxylic acids is 4. The van der Waals surface area contributed by atoms with E-state index in [9.17, 15) is 24.3 Å². The molecule has 1 N–H and O–H groups in total. The number of rotatable bonds is 5. The second kappa shape index (κ2) is 9.00. The average molecular weight is 389 g/mol. The summed E-state index contributed by atoms with van der Waals surface area (Å²) in [5, 5.41) is 9.26. The number of hydrogen-bond donors (Lipinski definition) is 1. The first kappa shape index (κ1) is 20.9. The van der Waals surface area contributed by atoms with Gasteiger partial charge in [-0.15, -0.1) is 0 Å². The fraction of sp³-hybridized carbons (Fsp3) is 0.750. The van der Waals surface area contributed by atoms with Crippen LogP contribution in [0.15, 0.2) is 0 Å². The monoisotopic (exact) mass is 389 g/mol. The van der Waals surface area contributed by atoms with Crippen molar-refractivity contribution in [3.05, 3.63) is 0 Å². The van der Waals surface area contributed by atoms with E-state index < -0.39 is 54.7 Å². The van der Waals surface area contributed by atoms with Crippen LogP contribution in [0, 0.1) is 0 Å². The van der Waals surface area contributed by atoms with E-state index in [1.165, 1.54) is 25.7 Å². The number of carbonyl (C=O) groups is 4. The lowest BCUT2D eigenvalue weighted by Gasteiger charge is -2.41. The van der Waals surface area contributed by atoms with Crippen molar-refractivity contribution in [1.29, 1.82) is 0 Å². The van der Waals surface area contributed by atoms with Crippen molar-refractivity contribution in [2.75, 3.05) is 19.7 Å². The highest BCUT2D eigenvalue weighted by atomic mass is 16.7. The van der Waals surface area contributed by atoms with Crippen LogP contribution < -0.4 is 0 Å². The zero-order valence-corrected chi connectivity index (χ0v) is 15.3. The van der Waals surface area contributed by atoms with Gasteiger partial charge in [-0.3, -0.25) is 14.4 Å². The van der Waals surface area contributed by atoms with Gasteiger partial charge in [-0.05, 0) is 0 Å². The number of aliphatic hydroxyl groups excluding tert-OH is 1. The van der Waals surface area contributed by atoms with Crippen LogP contribution in [0.25, 0.3) is 0 Å². The second-order valence-electron chi connectivity index (χ2n) is 6.31. The van der Waals surface area contributed by atoms with E-state index in [0.717, 1.165) is 0 Å². The Balaban J connectivity index is 2.09. The van der Waals surface area contributed by atoms with Crippen LogP contribution in [0.2, 0.25) is 0 Å². The zero-order chi connectivity index (χ0) is 20.1. The standard InChI is InChI=1S/C16H23NO10/c1-8(18)23-7-13-15(25-10(3)20)12(24-9(2)19)4-14(26-13)27-16(22)17-5-11(21)6-17/h11-15,21H,4-7H2,1-3H3/t12-,13-,14+,15-/m1/s1. The molecule has 0 aliphatic carbocycles. The molecule has 0 saturated carbocycles. The number of esters is 3. The van der Waals surface area contributed by atoms with E-state index in [4.69, 9.17) is 23.7 Å². The minimum Gasteiger partial charge on any atom is -0.463 e. The number of nitrogens with zero attached hydrogens (tertiary/aromatic N) is 1. The SMILES string of the molecule is CC(=O)OC[C@H]1O[C@@H](OC(=O)N2CC(O)C2)C[C@@H](OC(C)=O)[C@H]1OC(C)=O. The third-order valence-corrected chi connectivity index (χ3v) is 3.91. The first-order chi connectivity index (χ1) is 12.7. The minimum absolute atomic E-state index is 0.0732. The van der Waals surface area contributed by atoms with Crippen LogP contribution in [0.3, 0.4) is 0 Å². The van der Waals surface area contributed by atoms with E-state index in [2.05, 4.69) is 0 Å². The van der Waals surface area contributed by atoms with Crippen molar-refractivity contribution in [1.82, 2.24) is 4.90 Å². The molecule has 2 aliphatic heterocycles. The van der Waals surface area contributed by atoms with Gasteiger partial charge in [0.2, 0.25) is 6.29 Å². The molecule has 2 aliphatic rings. The molecular weight excluding hydrogens is 366 g/mol. The van der Waals surface area contributed by atoms with Gasteiger partial charge in [-0.25, -0.2) is 4.79 Å². The van der Waals surface area contributed by atoms with Crippen LogP contribution in [0.1, 0.15) is 27.2 Å². The molecule has 0 aromatic rings. The van der Waals surface area contributed by atoms with Gasteiger partial charge in [0.1, 0.15) is 18.8 Å². The maximum atomic E-state index is 12.0. The highest BCUT2D eigenvalue weighted by Gasteiger charge is 2.45. The molecule has 0 spiro atoms. The summed E-state index contributed by atoms with van der Waals surface area (Å²) >= 11 is 0. The molecule has 27 heavy (non-hydrogen) atoms. The Kier molecular flexibility index (Phi) is 6.97. The Hall–Kier alpha value is -2.40. The number of amides is 1. The van der Waals surface area contributed by atoms with Gasteiger partial charge < -0.3 is 33.7 Å². The van der Waals surface area contributed by atoms with Crippen LogP contribution in [-0.2, 0) is 38.1 Å². The Morgan fingerprint density at radius 1 is 1.00 bits per heavy atom. The number of aliphatic hydroxyl groups is 1. The first-order valence-corrected chi connectivity index (χ1v) is 8.42. The van der Waals surface area contributed by atoms with Gasteiger partial charge in [0.25, 0.3) is 0 Å². The van der Waals surface area contributed by atoms with E-state index >= 15 is 0 Å². The molecule has 0 bridgehead atoms. The summed E-state index contributed by atoms with van der Waals surface area (Å²) < 4.78 is 26.1. The van der Waals surface area contributed by atoms with Crippen LogP contribution >= 0.6 is 0 Å². The van der Waals surface area contributed by atoms with Crippen molar-refractivity contribution >= 4 is 24.0 Å². The van der Waals surface area contributed by atoms with Gasteiger partial charge >= 0.3 is 24.0 Å². The molecular formula is C16H23NO10. The van der Waals surface area contributed by atoms with Crippen molar-refractivity contribution in [2.24, 2.45) is 0 Å². The highest BCUT2D eigenvalue weighted by molar-refractivity contribution is 5.69. The molecule has 0 radical (unpaired) electrons. The van der Waals surface area contributed by atoms with Crippen molar-refractivity contribution in [3.8, 4) is 0 Å². The molecule has 2 saturated heterocycles. The summed E-state index contributed by atoms with van der Waals surface area (Å²) in [6.45, 7) is 3.55. The normalized spacial score (nSPS) is 27.9. The predicted molar refractivity (Wildman–Crippen MR) is 85.1 cm³/mol. The largest absolute Gasteiger partial charge is 0.463 e. The van der Waals surface area contributed by atoms with E-state index in [0.29, 0.717) is 0 Å². The lowest BCUT2D eigenvalue weighted by Crippen LogP contribution is -2.57. The van der Waals surface area contributed by atoms with Crippen molar-refractivity contribution in [3.63, 3.8) is 0 Å². The van der Waals surface area contributed by atoms with Gasteiger partial charge in [0, 0.05) is 20.8 Å². The molecule has 11 nitrogen and oxygen atoms in total.